The van der Waals surface area contributed by atoms with E-state index in [0.717, 1.165) is 18.0 Å². The van der Waals surface area contributed by atoms with Crippen LogP contribution >= 0.6 is 0 Å². The number of nitrogens with one attached hydrogen (secondary N) is 1. The largest absolute Gasteiger partial charge is 0.328 e. The average molecular weight is 210 g/mol. The van der Waals surface area contributed by atoms with Crippen molar-refractivity contribution in [2.75, 3.05) is 0 Å². The first-order valence-electron chi connectivity index (χ1n) is 6.79. The predicted molar refractivity (Wildman–Crippen MR) is 64.8 cm³/mol. The van der Waals surface area contributed by atoms with Gasteiger partial charge in [0.1, 0.15) is 0 Å². The van der Waals surface area contributed by atoms with Crippen LogP contribution in [-0.4, -0.2) is 18.1 Å². The van der Waals surface area contributed by atoms with E-state index in [1.807, 2.05) is 0 Å². The van der Waals surface area contributed by atoms with Crippen molar-refractivity contribution in [2.45, 2.75) is 76.4 Å². The van der Waals surface area contributed by atoms with Crippen molar-refractivity contribution >= 4 is 0 Å². The Labute approximate surface area is 94.0 Å². The Morgan fingerprint density at radius 3 is 2.53 bits per heavy atom. The number of hydrogen-bond donors (Lipinski definition) is 2. The Hall–Kier alpha value is -0.0800. The zero-order valence-electron chi connectivity index (χ0n) is 10.0. The molecule has 0 aromatic heterocycles. The van der Waals surface area contributed by atoms with Crippen LogP contribution in [0.3, 0.4) is 0 Å². The van der Waals surface area contributed by atoms with E-state index in [2.05, 4.69) is 12.2 Å². The molecule has 2 rings (SSSR count). The lowest BCUT2D eigenvalue weighted by Crippen LogP contribution is -2.40. The fraction of sp³-hybridized carbons (Fsp3) is 1.00. The van der Waals surface area contributed by atoms with E-state index in [0.29, 0.717) is 6.04 Å². The third-order valence-corrected chi connectivity index (χ3v) is 4.30. The van der Waals surface area contributed by atoms with Crippen LogP contribution in [0.5, 0.6) is 0 Å². The zero-order valence-corrected chi connectivity index (χ0v) is 10.0. The van der Waals surface area contributed by atoms with E-state index < -0.39 is 0 Å². The van der Waals surface area contributed by atoms with Crippen molar-refractivity contribution in [3.05, 3.63) is 0 Å². The summed E-state index contributed by atoms with van der Waals surface area (Å²) in [5.41, 5.74) is 5.94. The van der Waals surface area contributed by atoms with E-state index in [4.69, 9.17) is 5.73 Å². The molecule has 0 bridgehead atoms. The Kier molecular flexibility index (Phi) is 4.04. The van der Waals surface area contributed by atoms with Gasteiger partial charge in [-0.2, -0.15) is 0 Å². The maximum atomic E-state index is 5.94. The molecule has 2 aliphatic carbocycles. The van der Waals surface area contributed by atoms with Gasteiger partial charge in [0, 0.05) is 18.1 Å². The molecule has 0 spiro atoms. The van der Waals surface area contributed by atoms with Crippen LogP contribution in [0, 0.1) is 5.92 Å². The van der Waals surface area contributed by atoms with Crippen molar-refractivity contribution in [2.24, 2.45) is 11.7 Å². The molecule has 0 aromatic carbocycles. The van der Waals surface area contributed by atoms with Crippen molar-refractivity contribution in [1.29, 1.82) is 0 Å². The quantitative estimate of drug-likeness (QED) is 0.751. The molecule has 15 heavy (non-hydrogen) atoms. The number of nitrogens with two attached hydrogens (primary N) is 1. The average Bonchev–Trinajstić information content (AvgIpc) is 2.64. The standard InChI is InChI=1S/C13H26N2/c1-2-10-4-3-5-12(8-10)15-13-7-6-11(14)9-13/h10-13,15H,2-9,14H2,1H3. The first-order valence-corrected chi connectivity index (χ1v) is 6.79. The predicted octanol–water partition coefficient (Wildman–Crippen LogP) is 2.42. The molecule has 3 N–H and O–H groups in total. The molecule has 4 atom stereocenters. The Morgan fingerprint density at radius 2 is 1.87 bits per heavy atom. The molecule has 88 valence electrons. The molecule has 2 nitrogen and oxygen atoms in total. The molecule has 0 radical (unpaired) electrons. The highest BCUT2D eigenvalue weighted by molar-refractivity contribution is 4.87. The molecule has 0 saturated heterocycles. The van der Waals surface area contributed by atoms with Crippen LogP contribution < -0.4 is 11.1 Å². The monoisotopic (exact) mass is 210 g/mol. The maximum Gasteiger partial charge on any atom is 0.00849 e. The van der Waals surface area contributed by atoms with Crippen molar-refractivity contribution in [1.82, 2.24) is 5.32 Å². The van der Waals surface area contributed by atoms with Gasteiger partial charge in [-0.05, 0) is 38.0 Å². The Balaban J connectivity index is 1.74. The smallest absolute Gasteiger partial charge is 0.00849 e. The highest BCUT2D eigenvalue weighted by Crippen LogP contribution is 2.28. The second kappa shape index (κ2) is 5.31. The highest BCUT2D eigenvalue weighted by atomic mass is 15.0. The summed E-state index contributed by atoms with van der Waals surface area (Å²) in [5, 5.41) is 3.83. The highest BCUT2D eigenvalue weighted by Gasteiger charge is 2.26. The molecule has 4 unspecified atom stereocenters. The third kappa shape index (κ3) is 3.18. The molecular weight excluding hydrogens is 184 g/mol. The SMILES string of the molecule is CCC1CCCC(NC2CCC(N)C2)C1. The van der Waals surface area contributed by atoms with Gasteiger partial charge in [-0.3, -0.25) is 0 Å². The van der Waals surface area contributed by atoms with Crippen molar-refractivity contribution in [3.8, 4) is 0 Å². The van der Waals surface area contributed by atoms with Gasteiger partial charge in [-0.15, -0.1) is 0 Å². The maximum absolute atomic E-state index is 5.94. The third-order valence-electron chi connectivity index (χ3n) is 4.30. The second-order valence-corrected chi connectivity index (χ2v) is 5.57. The topological polar surface area (TPSA) is 38.0 Å². The first-order chi connectivity index (χ1) is 7.28. The summed E-state index contributed by atoms with van der Waals surface area (Å²) in [4.78, 5) is 0. The van der Waals surface area contributed by atoms with Gasteiger partial charge in [-0.1, -0.05) is 26.2 Å². The minimum atomic E-state index is 0.466. The molecule has 2 heteroatoms. The summed E-state index contributed by atoms with van der Waals surface area (Å²) < 4.78 is 0. The van der Waals surface area contributed by atoms with Crippen LogP contribution in [0.2, 0.25) is 0 Å². The lowest BCUT2D eigenvalue weighted by Gasteiger charge is -2.31. The van der Waals surface area contributed by atoms with E-state index in [-0.39, 0.29) is 0 Å². The van der Waals surface area contributed by atoms with Crippen molar-refractivity contribution < 1.29 is 0 Å². The van der Waals surface area contributed by atoms with Gasteiger partial charge < -0.3 is 11.1 Å². The summed E-state index contributed by atoms with van der Waals surface area (Å²) in [6.07, 6.45) is 10.8. The summed E-state index contributed by atoms with van der Waals surface area (Å²) in [6.45, 7) is 2.33. The summed E-state index contributed by atoms with van der Waals surface area (Å²) in [5.74, 6) is 0.978. The van der Waals surface area contributed by atoms with Crippen molar-refractivity contribution in [3.63, 3.8) is 0 Å². The van der Waals surface area contributed by atoms with Gasteiger partial charge in [0.15, 0.2) is 0 Å². The van der Waals surface area contributed by atoms with Gasteiger partial charge in [0.2, 0.25) is 0 Å². The van der Waals surface area contributed by atoms with Crippen LogP contribution in [0.4, 0.5) is 0 Å². The Bertz CT molecular complexity index is 193. The van der Waals surface area contributed by atoms with Gasteiger partial charge in [-0.25, -0.2) is 0 Å². The van der Waals surface area contributed by atoms with Crippen LogP contribution in [0.15, 0.2) is 0 Å². The molecule has 2 aliphatic rings. The molecule has 2 saturated carbocycles. The van der Waals surface area contributed by atoms with Gasteiger partial charge in [0.25, 0.3) is 0 Å². The molecule has 0 aromatic rings. The van der Waals surface area contributed by atoms with Gasteiger partial charge in [0.05, 0.1) is 0 Å². The van der Waals surface area contributed by atoms with Gasteiger partial charge >= 0.3 is 0 Å². The van der Waals surface area contributed by atoms with Crippen LogP contribution in [0.1, 0.15) is 58.3 Å². The van der Waals surface area contributed by atoms with E-state index in [1.165, 1.54) is 51.4 Å². The van der Waals surface area contributed by atoms with Crippen LogP contribution in [-0.2, 0) is 0 Å². The molecule has 2 fully saturated rings. The van der Waals surface area contributed by atoms with Crippen LogP contribution in [0.25, 0.3) is 0 Å². The molecule has 0 amide bonds. The summed E-state index contributed by atoms with van der Waals surface area (Å²) >= 11 is 0. The lowest BCUT2D eigenvalue weighted by molar-refractivity contribution is 0.261. The number of hydrogen-bond acceptors (Lipinski definition) is 2. The normalized spacial score (nSPS) is 42.0. The Morgan fingerprint density at radius 1 is 1.07 bits per heavy atom. The molecule has 0 heterocycles. The van der Waals surface area contributed by atoms with E-state index in [9.17, 15) is 0 Å². The number of rotatable bonds is 3. The minimum Gasteiger partial charge on any atom is -0.328 e. The summed E-state index contributed by atoms with van der Waals surface area (Å²) in [7, 11) is 0. The van der Waals surface area contributed by atoms with E-state index >= 15 is 0 Å². The lowest BCUT2D eigenvalue weighted by atomic mass is 9.84. The first kappa shape index (κ1) is 11.4. The second-order valence-electron chi connectivity index (χ2n) is 5.57. The molecule has 0 aliphatic heterocycles. The molecular formula is C13H26N2. The summed E-state index contributed by atoms with van der Waals surface area (Å²) in [6, 6.07) is 1.98. The minimum absolute atomic E-state index is 0.466. The zero-order chi connectivity index (χ0) is 10.7. The fourth-order valence-electron chi connectivity index (χ4n) is 3.31. The fourth-order valence-corrected chi connectivity index (χ4v) is 3.31. The van der Waals surface area contributed by atoms with E-state index in [1.54, 1.807) is 0 Å².